The van der Waals surface area contributed by atoms with Crippen molar-refractivity contribution in [3.63, 3.8) is 0 Å². The first-order valence-corrected chi connectivity index (χ1v) is 5.84. The third kappa shape index (κ3) is 3.16. The van der Waals surface area contributed by atoms with Crippen LogP contribution >= 0.6 is 0 Å². The van der Waals surface area contributed by atoms with E-state index in [0.29, 0.717) is 19.8 Å². The molecule has 0 saturated carbocycles. The minimum atomic E-state index is -0.617. The average Bonchev–Trinajstić information content (AvgIpc) is 2.89. The fraction of sp³-hybridized carbons (Fsp3) is 0.455. The summed E-state index contributed by atoms with van der Waals surface area (Å²) in [5.74, 6) is -0.205. The van der Waals surface area contributed by atoms with E-state index in [1.165, 1.54) is 0 Å². The summed E-state index contributed by atoms with van der Waals surface area (Å²) >= 11 is 0. The van der Waals surface area contributed by atoms with Crippen molar-refractivity contribution in [3.05, 3.63) is 27.9 Å². The molecule has 0 bridgehead atoms. The number of nitrogens with two attached hydrogens (primary N) is 1. The van der Waals surface area contributed by atoms with Gasteiger partial charge in [-0.15, -0.1) is 0 Å². The molecule has 102 valence electrons. The largest absolute Gasteiger partial charge is 0.383 e. The van der Waals surface area contributed by atoms with Crippen molar-refractivity contribution in [1.82, 2.24) is 10.3 Å². The van der Waals surface area contributed by atoms with Crippen LogP contribution in [0.15, 0.2) is 12.3 Å². The normalized spacial score (nSPS) is 18.2. The molecule has 0 radical (unpaired) electrons. The fourth-order valence-electron chi connectivity index (χ4n) is 1.82. The Labute approximate surface area is 109 Å². The highest BCUT2D eigenvalue weighted by Crippen LogP contribution is 2.17. The lowest BCUT2D eigenvalue weighted by molar-refractivity contribution is -0.385. The first kappa shape index (κ1) is 13.2. The molecule has 1 aliphatic heterocycles. The summed E-state index contributed by atoms with van der Waals surface area (Å²) in [6.45, 7) is 1.77. The van der Waals surface area contributed by atoms with Crippen molar-refractivity contribution < 1.29 is 14.5 Å². The van der Waals surface area contributed by atoms with E-state index in [9.17, 15) is 14.9 Å². The third-order valence-corrected chi connectivity index (χ3v) is 2.93. The smallest absolute Gasteiger partial charge is 0.288 e. The van der Waals surface area contributed by atoms with Gasteiger partial charge in [0.2, 0.25) is 0 Å². The lowest BCUT2D eigenvalue weighted by Crippen LogP contribution is -2.30. The van der Waals surface area contributed by atoms with E-state index < -0.39 is 10.8 Å². The van der Waals surface area contributed by atoms with Crippen LogP contribution in [0.25, 0.3) is 0 Å². The number of carbonyl (C=O) groups is 1. The number of hydrogen-bond donors (Lipinski definition) is 2. The van der Waals surface area contributed by atoms with Crippen LogP contribution < -0.4 is 11.1 Å². The average molecular weight is 266 g/mol. The lowest BCUT2D eigenvalue weighted by Gasteiger charge is -2.10. The van der Waals surface area contributed by atoms with Gasteiger partial charge in [0.25, 0.3) is 11.6 Å². The first-order chi connectivity index (χ1) is 9.08. The van der Waals surface area contributed by atoms with Crippen molar-refractivity contribution in [2.45, 2.75) is 6.42 Å². The van der Waals surface area contributed by atoms with E-state index in [1.807, 2.05) is 0 Å². The van der Waals surface area contributed by atoms with E-state index in [-0.39, 0.29) is 23.0 Å². The van der Waals surface area contributed by atoms with Gasteiger partial charge in [-0.25, -0.2) is 4.98 Å². The Balaban J connectivity index is 2.04. The molecule has 0 spiro atoms. The number of amides is 1. The van der Waals surface area contributed by atoms with Crippen molar-refractivity contribution >= 4 is 17.4 Å². The molecule has 1 unspecified atom stereocenters. The minimum absolute atomic E-state index is 0.0214. The second-order valence-corrected chi connectivity index (χ2v) is 4.32. The molecule has 1 atom stereocenters. The van der Waals surface area contributed by atoms with Gasteiger partial charge in [0.05, 0.1) is 17.1 Å². The number of nitrogens with zero attached hydrogens (tertiary/aromatic N) is 2. The number of nitrogens with one attached hydrogen (secondary N) is 1. The van der Waals surface area contributed by atoms with E-state index >= 15 is 0 Å². The van der Waals surface area contributed by atoms with Gasteiger partial charge in [-0.1, -0.05) is 0 Å². The number of rotatable bonds is 4. The maximum atomic E-state index is 11.9. The summed E-state index contributed by atoms with van der Waals surface area (Å²) in [5.41, 5.74) is 5.32. The van der Waals surface area contributed by atoms with E-state index in [2.05, 4.69) is 10.3 Å². The second kappa shape index (κ2) is 5.61. The van der Waals surface area contributed by atoms with Crippen LogP contribution in [0.2, 0.25) is 0 Å². The molecule has 3 N–H and O–H groups in total. The van der Waals surface area contributed by atoms with Crippen molar-refractivity contribution in [2.75, 3.05) is 25.5 Å². The van der Waals surface area contributed by atoms with Gasteiger partial charge in [-0.05, 0) is 6.42 Å². The molecule has 1 saturated heterocycles. The van der Waals surface area contributed by atoms with Crippen LogP contribution in [0.1, 0.15) is 16.8 Å². The number of aromatic nitrogens is 1. The SMILES string of the molecule is Nc1ncc([N+](=O)[O-])cc1C(=O)NCC1CCOC1. The molecule has 1 fully saturated rings. The van der Waals surface area contributed by atoms with Crippen molar-refractivity contribution in [1.29, 1.82) is 0 Å². The molecule has 2 heterocycles. The Morgan fingerprint density at radius 2 is 2.47 bits per heavy atom. The summed E-state index contributed by atoms with van der Waals surface area (Å²) in [4.78, 5) is 25.6. The topological polar surface area (TPSA) is 120 Å². The highest BCUT2D eigenvalue weighted by molar-refractivity contribution is 5.98. The van der Waals surface area contributed by atoms with Gasteiger partial charge in [-0.2, -0.15) is 0 Å². The Bertz CT molecular complexity index is 499. The Morgan fingerprint density at radius 1 is 1.68 bits per heavy atom. The molecule has 0 aromatic carbocycles. The van der Waals surface area contributed by atoms with Crippen molar-refractivity contribution in [2.24, 2.45) is 5.92 Å². The molecule has 1 aromatic rings. The van der Waals surface area contributed by atoms with Gasteiger partial charge < -0.3 is 15.8 Å². The predicted octanol–water partition coefficient (Wildman–Crippen LogP) is 0.338. The lowest BCUT2D eigenvalue weighted by atomic mass is 10.1. The molecule has 19 heavy (non-hydrogen) atoms. The van der Waals surface area contributed by atoms with E-state index in [0.717, 1.165) is 18.7 Å². The van der Waals surface area contributed by atoms with Crippen LogP contribution in [0.4, 0.5) is 11.5 Å². The zero-order valence-corrected chi connectivity index (χ0v) is 10.2. The summed E-state index contributed by atoms with van der Waals surface area (Å²) in [6, 6.07) is 1.13. The molecular weight excluding hydrogens is 252 g/mol. The van der Waals surface area contributed by atoms with Crippen LogP contribution in [0.5, 0.6) is 0 Å². The molecule has 1 aromatic heterocycles. The Morgan fingerprint density at radius 3 is 3.11 bits per heavy atom. The quantitative estimate of drug-likeness (QED) is 0.598. The molecular formula is C11H14N4O4. The van der Waals surface area contributed by atoms with Gasteiger partial charge >= 0.3 is 0 Å². The molecule has 8 nitrogen and oxygen atoms in total. The van der Waals surface area contributed by atoms with E-state index in [1.54, 1.807) is 0 Å². The molecule has 1 amide bonds. The number of carbonyl (C=O) groups excluding carboxylic acids is 1. The summed E-state index contributed by atoms with van der Waals surface area (Å²) in [5, 5.41) is 13.3. The highest BCUT2D eigenvalue weighted by Gasteiger charge is 2.19. The predicted molar refractivity (Wildman–Crippen MR) is 66.6 cm³/mol. The van der Waals surface area contributed by atoms with Gasteiger partial charge in [0.1, 0.15) is 12.0 Å². The molecule has 8 heteroatoms. The number of nitrogen functional groups attached to an aromatic ring is 1. The third-order valence-electron chi connectivity index (χ3n) is 2.93. The van der Waals surface area contributed by atoms with Crippen LogP contribution in [0, 0.1) is 16.0 Å². The zero-order chi connectivity index (χ0) is 13.8. The van der Waals surface area contributed by atoms with Crippen LogP contribution in [-0.4, -0.2) is 35.6 Å². The Kier molecular flexibility index (Phi) is 3.91. The van der Waals surface area contributed by atoms with Crippen molar-refractivity contribution in [3.8, 4) is 0 Å². The number of anilines is 1. The molecule has 1 aliphatic rings. The molecule has 2 rings (SSSR count). The maximum absolute atomic E-state index is 11.9. The number of ether oxygens (including phenoxy) is 1. The maximum Gasteiger partial charge on any atom is 0.288 e. The molecule has 0 aliphatic carbocycles. The summed E-state index contributed by atoms with van der Waals surface area (Å²) < 4.78 is 5.19. The Hall–Kier alpha value is -2.22. The standard InChI is InChI=1S/C11H14N4O4/c12-10-9(3-8(5-13-10)15(17)18)11(16)14-4-7-1-2-19-6-7/h3,5,7H,1-2,4,6H2,(H2,12,13)(H,14,16). The van der Waals surface area contributed by atoms with Crippen LogP contribution in [-0.2, 0) is 4.74 Å². The monoisotopic (exact) mass is 266 g/mol. The first-order valence-electron chi connectivity index (χ1n) is 5.84. The minimum Gasteiger partial charge on any atom is -0.383 e. The van der Waals surface area contributed by atoms with Crippen LogP contribution in [0.3, 0.4) is 0 Å². The summed E-state index contributed by atoms with van der Waals surface area (Å²) in [6.07, 6.45) is 1.92. The van der Waals surface area contributed by atoms with Gasteiger partial charge in [0.15, 0.2) is 0 Å². The number of nitro groups is 1. The fourth-order valence-corrected chi connectivity index (χ4v) is 1.82. The second-order valence-electron chi connectivity index (χ2n) is 4.32. The van der Waals surface area contributed by atoms with E-state index in [4.69, 9.17) is 10.5 Å². The van der Waals surface area contributed by atoms with Gasteiger partial charge in [-0.3, -0.25) is 14.9 Å². The highest BCUT2D eigenvalue weighted by atomic mass is 16.6. The number of hydrogen-bond acceptors (Lipinski definition) is 6. The summed E-state index contributed by atoms with van der Waals surface area (Å²) in [7, 11) is 0. The van der Waals surface area contributed by atoms with Gasteiger partial charge in [0, 0.05) is 25.1 Å². The zero-order valence-electron chi connectivity index (χ0n) is 10.2. The number of pyridine rings is 1.